The third kappa shape index (κ3) is 3.67. The summed E-state index contributed by atoms with van der Waals surface area (Å²) in [5.74, 6) is 0.292. The van der Waals surface area contributed by atoms with Gasteiger partial charge in [0.15, 0.2) is 0 Å². The van der Waals surface area contributed by atoms with Crippen LogP contribution in [0.5, 0.6) is 5.75 Å². The maximum atomic E-state index is 12.6. The lowest BCUT2D eigenvalue weighted by Crippen LogP contribution is -2.36. The van der Waals surface area contributed by atoms with Crippen LogP contribution in [0.15, 0.2) is 18.2 Å². The summed E-state index contributed by atoms with van der Waals surface area (Å²) < 4.78 is 5.21. The van der Waals surface area contributed by atoms with Crippen LogP contribution in [0.3, 0.4) is 0 Å². The molecule has 1 amide bonds. The first-order chi connectivity index (χ1) is 9.99. The molecule has 1 aliphatic rings. The van der Waals surface area contributed by atoms with Crippen molar-refractivity contribution in [3.63, 3.8) is 0 Å². The van der Waals surface area contributed by atoms with E-state index in [1.165, 1.54) is 7.11 Å². The summed E-state index contributed by atoms with van der Waals surface area (Å²) in [6.07, 6.45) is 1.51. The SMILES string of the molecule is COc1cc(Cl)ccc1C(=O)N1CCC[C@](O)(CO)CC1. The second-order valence-corrected chi connectivity index (χ2v) is 5.81. The average molecular weight is 314 g/mol. The van der Waals surface area contributed by atoms with E-state index >= 15 is 0 Å². The Morgan fingerprint density at radius 3 is 2.86 bits per heavy atom. The van der Waals surface area contributed by atoms with Crippen LogP contribution in [0.2, 0.25) is 5.02 Å². The van der Waals surface area contributed by atoms with Gasteiger partial charge in [0.25, 0.3) is 5.91 Å². The standard InChI is InChI=1S/C15H20ClNO4/c1-21-13-9-11(16)3-4-12(13)14(19)17-7-2-5-15(20,10-18)6-8-17/h3-4,9,18,20H,2,5-8,10H2,1H3/t15-/m1/s1. The molecule has 0 saturated carbocycles. The van der Waals surface area contributed by atoms with E-state index < -0.39 is 5.60 Å². The topological polar surface area (TPSA) is 70.0 Å². The predicted octanol–water partition coefficient (Wildman–Crippen LogP) is 1.70. The zero-order valence-electron chi connectivity index (χ0n) is 12.0. The number of ether oxygens (including phenoxy) is 1. The molecule has 0 bridgehead atoms. The smallest absolute Gasteiger partial charge is 0.257 e. The average Bonchev–Trinajstić information content (AvgIpc) is 2.69. The van der Waals surface area contributed by atoms with Gasteiger partial charge in [-0.15, -0.1) is 0 Å². The van der Waals surface area contributed by atoms with E-state index in [1.54, 1.807) is 23.1 Å². The van der Waals surface area contributed by atoms with Crippen molar-refractivity contribution in [2.45, 2.75) is 24.9 Å². The number of carbonyl (C=O) groups is 1. The Hall–Kier alpha value is -1.30. The number of aliphatic hydroxyl groups is 2. The monoisotopic (exact) mass is 313 g/mol. The first-order valence-electron chi connectivity index (χ1n) is 6.95. The van der Waals surface area contributed by atoms with Gasteiger partial charge in [-0.2, -0.15) is 0 Å². The second kappa shape index (κ2) is 6.64. The van der Waals surface area contributed by atoms with E-state index in [2.05, 4.69) is 0 Å². The summed E-state index contributed by atoms with van der Waals surface area (Å²) in [7, 11) is 1.50. The van der Waals surface area contributed by atoms with Crippen LogP contribution >= 0.6 is 11.6 Å². The lowest BCUT2D eigenvalue weighted by molar-refractivity contribution is -0.0250. The number of rotatable bonds is 3. The largest absolute Gasteiger partial charge is 0.496 e. The minimum absolute atomic E-state index is 0.147. The predicted molar refractivity (Wildman–Crippen MR) is 79.8 cm³/mol. The lowest BCUT2D eigenvalue weighted by Gasteiger charge is -2.24. The molecule has 21 heavy (non-hydrogen) atoms. The van der Waals surface area contributed by atoms with Crippen molar-refractivity contribution < 1.29 is 19.7 Å². The van der Waals surface area contributed by atoms with E-state index in [1.807, 2.05) is 0 Å². The highest BCUT2D eigenvalue weighted by molar-refractivity contribution is 6.30. The molecular weight excluding hydrogens is 294 g/mol. The normalized spacial score (nSPS) is 22.8. The fraction of sp³-hybridized carbons (Fsp3) is 0.533. The minimum atomic E-state index is -1.08. The molecule has 1 fully saturated rings. The fourth-order valence-electron chi connectivity index (χ4n) is 2.55. The molecule has 1 heterocycles. The summed E-state index contributed by atoms with van der Waals surface area (Å²) in [6.45, 7) is 0.674. The van der Waals surface area contributed by atoms with Crippen LogP contribution in [-0.4, -0.2) is 53.4 Å². The molecule has 1 atom stereocenters. The van der Waals surface area contributed by atoms with Gasteiger partial charge in [-0.25, -0.2) is 0 Å². The number of aliphatic hydroxyl groups excluding tert-OH is 1. The van der Waals surface area contributed by atoms with Gasteiger partial charge < -0.3 is 19.8 Å². The fourth-order valence-corrected chi connectivity index (χ4v) is 2.71. The molecule has 6 heteroatoms. The van der Waals surface area contributed by atoms with Crippen molar-refractivity contribution >= 4 is 17.5 Å². The van der Waals surface area contributed by atoms with Gasteiger partial charge in [0.2, 0.25) is 0 Å². The molecule has 0 radical (unpaired) electrons. The summed E-state index contributed by atoms with van der Waals surface area (Å²) in [4.78, 5) is 14.3. The minimum Gasteiger partial charge on any atom is -0.496 e. The Morgan fingerprint density at radius 2 is 2.19 bits per heavy atom. The number of benzene rings is 1. The Morgan fingerprint density at radius 1 is 1.43 bits per heavy atom. The molecule has 1 aliphatic heterocycles. The Bertz CT molecular complexity index is 522. The molecule has 5 nitrogen and oxygen atoms in total. The number of halogens is 1. The zero-order chi connectivity index (χ0) is 15.5. The second-order valence-electron chi connectivity index (χ2n) is 5.37. The number of methoxy groups -OCH3 is 1. The van der Waals surface area contributed by atoms with Crippen LogP contribution in [0.1, 0.15) is 29.6 Å². The Labute approximate surface area is 129 Å². The first kappa shape index (κ1) is 16.1. The summed E-state index contributed by atoms with van der Waals surface area (Å²) in [5.41, 5.74) is -0.629. The third-order valence-electron chi connectivity index (χ3n) is 3.89. The van der Waals surface area contributed by atoms with Crippen molar-refractivity contribution in [1.29, 1.82) is 0 Å². The number of carbonyl (C=O) groups excluding carboxylic acids is 1. The van der Waals surface area contributed by atoms with Crippen LogP contribution in [-0.2, 0) is 0 Å². The molecule has 2 rings (SSSR count). The molecule has 2 N–H and O–H groups in total. The van der Waals surface area contributed by atoms with E-state index in [-0.39, 0.29) is 12.5 Å². The lowest BCUT2D eigenvalue weighted by atomic mass is 9.96. The molecule has 0 aromatic heterocycles. The van der Waals surface area contributed by atoms with Gasteiger partial charge in [0.1, 0.15) is 5.75 Å². The van der Waals surface area contributed by atoms with Crippen LogP contribution in [0.4, 0.5) is 0 Å². The molecule has 0 spiro atoms. The van der Waals surface area contributed by atoms with Crippen LogP contribution in [0.25, 0.3) is 0 Å². The van der Waals surface area contributed by atoms with Gasteiger partial charge in [0.05, 0.1) is 24.9 Å². The van der Waals surface area contributed by atoms with Gasteiger partial charge in [-0.3, -0.25) is 4.79 Å². The Kier molecular flexibility index (Phi) is 5.08. The molecule has 1 aromatic carbocycles. The van der Waals surface area contributed by atoms with E-state index in [9.17, 15) is 15.0 Å². The number of likely N-dealkylation sites (tertiary alicyclic amines) is 1. The summed E-state index contributed by atoms with van der Waals surface area (Å²) in [5, 5.41) is 19.9. The molecule has 1 aromatic rings. The quantitative estimate of drug-likeness (QED) is 0.891. The van der Waals surface area contributed by atoms with Crippen molar-refractivity contribution in [2.24, 2.45) is 0 Å². The number of amides is 1. The highest BCUT2D eigenvalue weighted by Crippen LogP contribution is 2.27. The molecular formula is C15H20ClNO4. The van der Waals surface area contributed by atoms with Gasteiger partial charge in [-0.1, -0.05) is 11.6 Å². The van der Waals surface area contributed by atoms with Gasteiger partial charge in [0, 0.05) is 18.1 Å². The van der Waals surface area contributed by atoms with Crippen LogP contribution < -0.4 is 4.74 Å². The molecule has 1 saturated heterocycles. The van der Waals surface area contributed by atoms with E-state index in [0.29, 0.717) is 48.7 Å². The summed E-state index contributed by atoms with van der Waals surface area (Å²) >= 11 is 5.90. The van der Waals surface area contributed by atoms with Gasteiger partial charge in [-0.05, 0) is 37.5 Å². The molecule has 116 valence electrons. The van der Waals surface area contributed by atoms with E-state index in [0.717, 1.165) is 0 Å². The van der Waals surface area contributed by atoms with E-state index in [4.69, 9.17) is 16.3 Å². The van der Waals surface area contributed by atoms with Gasteiger partial charge >= 0.3 is 0 Å². The number of hydrogen-bond donors (Lipinski definition) is 2. The molecule has 0 unspecified atom stereocenters. The van der Waals surface area contributed by atoms with Crippen molar-refractivity contribution in [3.05, 3.63) is 28.8 Å². The van der Waals surface area contributed by atoms with Crippen molar-refractivity contribution in [1.82, 2.24) is 4.90 Å². The highest BCUT2D eigenvalue weighted by atomic mass is 35.5. The summed E-state index contributed by atoms with van der Waals surface area (Å²) in [6, 6.07) is 4.91. The maximum Gasteiger partial charge on any atom is 0.257 e. The van der Waals surface area contributed by atoms with Crippen molar-refractivity contribution in [2.75, 3.05) is 26.8 Å². The number of hydrogen-bond acceptors (Lipinski definition) is 4. The maximum absolute atomic E-state index is 12.6. The third-order valence-corrected chi connectivity index (χ3v) is 4.13. The van der Waals surface area contributed by atoms with Crippen molar-refractivity contribution in [3.8, 4) is 5.75 Å². The van der Waals surface area contributed by atoms with Crippen LogP contribution in [0, 0.1) is 0 Å². The number of nitrogens with zero attached hydrogens (tertiary/aromatic N) is 1. The Balaban J connectivity index is 2.17. The zero-order valence-corrected chi connectivity index (χ0v) is 12.8. The molecule has 0 aliphatic carbocycles. The first-order valence-corrected chi connectivity index (χ1v) is 7.33. The highest BCUT2D eigenvalue weighted by Gasteiger charge is 2.31.